The van der Waals surface area contributed by atoms with Crippen LogP contribution in [0.25, 0.3) is 0 Å². The molecular formula is C18H21N3O3S. The van der Waals surface area contributed by atoms with Gasteiger partial charge >= 0.3 is 6.03 Å². The Morgan fingerprint density at radius 2 is 1.76 bits per heavy atom. The highest BCUT2D eigenvalue weighted by Gasteiger charge is 2.23. The minimum absolute atomic E-state index is 0.0549. The van der Waals surface area contributed by atoms with Crippen LogP contribution in [0.1, 0.15) is 16.7 Å². The molecule has 132 valence electrons. The number of benzene rings is 2. The number of hydrogen-bond acceptors (Lipinski definition) is 3. The Morgan fingerprint density at radius 3 is 2.48 bits per heavy atom. The van der Waals surface area contributed by atoms with E-state index in [2.05, 4.69) is 10.0 Å². The fraction of sp³-hybridized carbons (Fsp3) is 0.278. The number of rotatable bonds is 5. The Kier molecular flexibility index (Phi) is 5.06. The van der Waals surface area contributed by atoms with E-state index in [1.165, 1.54) is 12.6 Å². The maximum atomic E-state index is 12.4. The third kappa shape index (κ3) is 4.18. The normalized spacial score (nSPS) is 13.6. The number of hydrogen-bond donors (Lipinski definition) is 2. The van der Waals surface area contributed by atoms with Crippen LogP contribution in [0.5, 0.6) is 0 Å². The van der Waals surface area contributed by atoms with E-state index in [0.717, 1.165) is 17.7 Å². The second kappa shape index (κ2) is 7.25. The van der Waals surface area contributed by atoms with E-state index in [9.17, 15) is 13.2 Å². The van der Waals surface area contributed by atoms with Crippen molar-refractivity contribution >= 4 is 21.7 Å². The van der Waals surface area contributed by atoms with Gasteiger partial charge in [0.2, 0.25) is 10.0 Å². The lowest BCUT2D eigenvalue weighted by Crippen LogP contribution is -2.38. The summed E-state index contributed by atoms with van der Waals surface area (Å²) in [6, 6.07) is 15.0. The fourth-order valence-corrected chi connectivity index (χ4v) is 3.64. The lowest BCUT2D eigenvalue weighted by molar-refractivity contribution is 0.246. The van der Waals surface area contributed by atoms with Gasteiger partial charge in [-0.05, 0) is 36.2 Å². The summed E-state index contributed by atoms with van der Waals surface area (Å²) in [4.78, 5) is 14.2. The van der Waals surface area contributed by atoms with Crippen LogP contribution in [0.4, 0.5) is 10.5 Å². The van der Waals surface area contributed by atoms with Crippen LogP contribution in [0.15, 0.2) is 48.5 Å². The van der Waals surface area contributed by atoms with Crippen molar-refractivity contribution < 1.29 is 13.2 Å². The van der Waals surface area contributed by atoms with Gasteiger partial charge in [-0.1, -0.05) is 42.5 Å². The first kappa shape index (κ1) is 17.4. The summed E-state index contributed by atoms with van der Waals surface area (Å²) in [7, 11) is -1.88. The number of carbonyl (C=O) groups is 1. The van der Waals surface area contributed by atoms with E-state index < -0.39 is 10.0 Å². The van der Waals surface area contributed by atoms with Crippen molar-refractivity contribution in [3.05, 3.63) is 65.2 Å². The van der Waals surface area contributed by atoms with E-state index in [-0.39, 0.29) is 11.8 Å². The van der Waals surface area contributed by atoms with Crippen LogP contribution >= 0.6 is 0 Å². The zero-order valence-corrected chi connectivity index (χ0v) is 14.8. The standard InChI is InChI=1S/C18H21N3O3S/c1-19-25(23,24)13-15-8-6-14(7-9-15)12-20-18(22)21-11-10-16-4-2-3-5-17(16)21/h2-9,19H,10-13H2,1H3,(H,20,22). The quantitative estimate of drug-likeness (QED) is 0.857. The van der Waals surface area contributed by atoms with Crippen LogP contribution in [0.2, 0.25) is 0 Å². The van der Waals surface area contributed by atoms with Gasteiger partial charge in [0.25, 0.3) is 0 Å². The highest BCUT2D eigenvalue weighted by atomic mass is 32.2. The lowest BCUT2D eigenvalue weighted by Gasteiger charge is -2.18. The van der Waals surface area contributed by atoms with Crippen LogP contribution in [0, 0.1) is 0 Å². The van der Waals surface area contributed by atoms with Crippen molar-refractivity contribution in [2.45, 2.75) is 18.7 Å². The SMILES string of the molecule is CNS(=O)(=O)Cc1ccc(CNC(=O)N2CCc3ccccc32)cc1. The zero-order chi connectivity index (χ0) is 17.9. The van der Waals surface area contributed by atoms with Crippen molar-refractivity contribution in [3.63, 3.8) is 0 Å². The first-order chi connectivity index (χ1) is 12.0. The van der Waals surface area contributed by atoms with Gasteiger partial charge in [-0.3, -0.25) is 4.90 Å². The molecule has 2 N–H and O–H groups in total. The average molecular weight is 359 g/mol. The van der Waals surface area contributed by atoms with Crippen molar-refractivity contribution in [1.29, 1.82) is 0 Å². The minimum Gasteiger partial charge on any atom is -0.334 e. The fourth-order valence-electron chi connectivity index (χ4n) is 2.87. The van der Waals surface area contributed by atoms with Gasteiger partial charge in [0.1, 0.15) is 0 Å². The van der Waals surface area contributed by atoms with Crippen molar-refractivity contribution in [1.82, 2.24) is 10.0 Å². The van der Waals surface area contributed by atoms with E-state index in [0.29, 0.717) is 18.7 Å². The summed E-state index contributed by atoms with van der Waals surface area (Å²) in [5, 5.41) is 2.92. The lowest BCUT2D eigenvalue weighted by atomic mass is 10.1. The number of fused-ring (bicyclic) bond motifs is 1. The molecule has 0 saturated carbocycles. The molecule has 0 bridgehead atoms. The van der Waals surface area contributed by atoms with E-state index >= 15 is 0 Å². The molecule has 0 atom stereocenters. The number of carbonyl (C=O) groups excluding carboxylic acids is 1. The van der Waals surface area contributed by atoms with Gasteiger partial charge in [0.15, 0.2) is 0 Å². The monoisotopic (exact) mass is 359 g/mol. The molecule has 25 heavy (non-hydrogen) atoms. The van der Waals surface area contributed by atoms with Crippen LogP contribution in [-0.2, 0) is 28.7 Å². The minimum atomic E-state index is -3.28. The van der Waals surface area contributed by atoms with E-state index in [4.69, 9.17) is 0 Å². The predicted octanol–water partition coefficient (Wildman–Crippen LogP) is 2.01. The number of anilines is 1. The van der Waals surface area contributed by atoms with Crippen LogP contribution in [-0.4, -0.2) is 28.0 Å². The van der Waals surface area contributed by atoms with Gasteiger partial charge in [-0.25, -0.2) is 17.9 Å². The van der Waals surface area contributed by atoms with Crippen LogP contribution in [0.3, 0.4) is 0 Å². The molecule has 6 nitrogen and oxygen atoms in total. The molecular weight excluding hydrogens is 338 g/mol. The molecule has 2 amide bonds. The molecule has 0 aliphatic carbocycles. The smallest absolute Gasteiger partial charge is 0.322 e. The molecule has 0 unspecified atom stereocenters. The van der Waals surface area contributed by atoms with E-state index in [1.54, 1.807) is 17.0 Å². The van der Waals surface area contributed by atoms with E-state index in [1.807, 2.05) is 36.4 Å². The molecule has 1 aliphatic rings. The molecule has 0 aromatic heterocycles. The summed E-state index contributed by atoms with van der Waals surface area (Å²) in [5.74, 6) is -0.0549. The molecule has 0 saturated heterocycles. The Morgan fingerprint density at radius 1 is 1.08 bits per heavy atom. The van der Waals surface area contributed by atoms with Gasteiger partial charge in [-0.15, -0.1) is 0 Å². The highest BCUT2D eigenvalue weighted by Crippen LogP contribution is 2.27. The highest BCUT2D eigenvalue weighted by molar-refractivity contribution is 7.88. The second-order valence-electron chi connectivity index (χ2n) is 5.97. The number of para-hydroxylation sites is 1. The number of nitrogens with zero attached hydrogens (tertiary/aromatic N) is 1. The topological polar surface area (TPSA) is 78.5 Å². The summed E-state index contributed by atoms with van der Waals surface area (Å²) in [6.07, 6.45) is 0.873. The summed E-state index contributed by atoms with van der Waals surface area (Å²) in [5.41, 5.74) is 3.78. The maximum Gasteiger partial charge on any atom is 0.322 e. The van der Waals surface area contributed by atoms with Crippen molar-refractivity contribution in [2.24, 2.45) is 0 Å². The summed E-state index contributed by atoms with van der Waals surface area (Å²) >= 11 is 0. The number of urea groups is 1. The average Bonchev–Trinajstić information content (AvgIpc) is 3.05. The maximum absolute atomic E-state index is 12.4. The molecule has 1 heterocycles. The van der Waals surface area contributed by atoms with Gasteiger partial charge in [0.05, 0.1) is 5.75 Å². The predicted molar refractivity (Wildman–Crippen MR) is 97.9 cm³/mol. The summed E-state index contributed by atoms with van der Waals surface area (Å²) < 4.78 is 25.4. The Balaban J connectivity index is 1.58. The Hall–Kier alpha value is -2.38. The Bertz CT molecular complexity index is 863. The number of amides is 2. The first-order valence-electron chi connectivity index (χ1n) is 8.11. The van der Waals surface area contributed by atoms with Gasteiger partial charge in [0, 0.05) is 18.8 Å². The zero-order valence-electron chi connectivity index (χ0n) is 14.0. The second-order valence-corrected chi connectivity index (χ2v) is 7.90. The Labute approximate surface area is 147 Å². The number of sulfonamides is 1. The summed E-state index contributed by atoms with van der Waals surface area (Å²) in [6.45, 7) is 1.09. The van der Waals surface area contributed by atoms with Gasteiger partial charge < -0.3 is 5.32 Å². The largest absolute Gasteiger partial charge is 0.334 e. The molecule has 0 radical (unpaired) electrons. The van der Waals surface area contributed by atoms with Crippen LogP contribution < -0.4 is 14.9 Å². The molecule has 2 aromatic rings. The van der Waals surface area contributed by atoms with Gasteiger partial charge in [-0.2, -0.15) is 0 Å². The third-order valence-electron chi connectivity index (χ3n) is 4.27. The third-order valence-corrected chi connectivity index (χ3v) is 5.60. The van der Waals surface area contributed by atoms with Crippen molar-refractivity contribution in [3.8, 4) is 0 Å². The molecule has 0 fully saturated rings. The molecule has 3 rings (SSSR count). The molecule has 1 aliphatic heterocycles. The van der Waals surface area contributed by atoms with Crippen molar-refractivity contribution in [2.75, 3.05) is 18.5 Å². The number of nitrogens with one attached hydrogen (secondary N) is 2. The first-order valence-corrected chi connectivity index (χ1v) is 9.76. The molecule has 0 spiro atoms. The molecule has 2 aromatic carbocycles. The molecule has 7 heteroatoms.